The van der Waals surface area contributed by atoms with Crippen molar-refractivity contribution in [1.82, 2.24) is 19.9 Å². The minimum Gasteiger partial charge on any atom is -0.351 e. The molecule has 0 saturated heterocycles. The van der Waals surface area contributed by atoms with Gasteiger partial charge in [0.15, 0.2) is 5.65 Å². The van der Waals surface area contributed by atoms with E-state index in [1.807, 2.05) is 18.2 Å². The molecule has 6 nitrogen and oxygen atoms in total. The number of nitrogens with one attached hydrogen (secondary N) is 2. The lowest BCUT2D eigenvalue weighted by molar-refractivity contribution is 0.0940. The van der Waals surface area contributed by atoms with Gasteiger partial charge in [0.2, 0.25) is 0 Å². The first-order valence-electron chi connectivity index (χ1n) is 9.33. The Morgan fingerprint density at radius 1 is 1.10 bits per heavy atom. The maximum Gasteiger partial charge on any atom is 0.332 e. The summed E-state index contributed by atoms with van der Waals surface area (Å²) in [4.78, 5) is 31.8. The summed E-state index contributed by atoms with van der Waals surface area (Å²) < 4.78 is 15.2. The van der Waals surface area contributed by atoms with Gasteiger partial charge in [0.1, 0.15) is 5.82 Å². The number of fused-ring (bicyclic) bond motifs is 2. The van der Waals surface area contributed by atoms with Crippen molar-refractivity contribution in [2.75, 3.05) is 6.54 Å². The largest absolute Gasteiger partial charge is 0.351 e. The lowest BCUT2D eigenvalue weighted by Gasteiger charge is -2.26. The number of halogens is 1. The molecule has 29 heavy (non-hydrogen) atoms. The molecule has 2 N–H and O–H groups in total. The van der Waals surface area contributed by atoms with E-state index < -0.39 is 0 Å². The first kappa shape index (κ1) is 17.4. The summed E-state index contributed by atoms with van der Waals surface area (Å²) in [6.45, 7) is 0.455. The Morgan fingerprint density at radius 3 is 2.86 bits per heavy atom. The number of hydrogen-bond donors (Lipinski definition) is 2. The smallest absolute Gasteiger partial charge is 0.332 e. The summed E-state index contributed by atoms with van der Waals surface area (Å²) in [6, 6.07) is 15.4. The number of H-pyrrole nitrogens is 1. The van der Waals surface area contributed by atoms with Crippen LogP contribution in [0.15, 0.2) is 65.6 Å². The highest BCUT2D eigenvalue weighted by Gasteiger charge is 2.26. The summed E-state index contributed by atoms with van der Waals surface area (Å²) in [6.07, 6.45) is 2.20. The molecule has 2 aromatic heterocycles. The predicted octanol–water partition coefficient (Wildman–Crippen LogP) is 2.92. The molecule has 0 aliphatic carbocycles. The van der Waals surface area contributed by atoms with Crippen molar-refractivity contribution < 1.29 is 9.18 Å². The molecule has 1 aliphatic rings. The van der Waals surface area contributed by atoms with Crippen LogP contribution in [-0.4, -0.2) is 27.0 Å². The quantitative estimate of drug-likeness (QED) is 0.566. The average Bonchev–Trinajstić information content (AvgIpc) is 3.05. The molecule has 2 aromatic carbocycles. The molecule has 0 fully saturated rings. The van der Waals surface area contributed by atoms with Crippen LogP contribution in [0, 0.1) is 5.82 Å². The normalized spacial score (nSPS) is 15.9. The SMILES string of the molecule is O=C1NCC(Cc2cccc(F)c2)c2cc(-n3c(=O)[nH]c4ncccc43)ccc21. The lowest BCUT2D eigenvalue weighted by atomic mass is 9.85. The number of aromatic nitrogens is 3. The minimum absolute atomic E-state index is 0.0246. The van der Waals surface area contributed by atoms with Gasteiger partial charge >= 0.3 is 5.69 Å². The number of carbonyl (C=O) groups is 1. The molecule has 1 atom stereocenters. The number of hydrogen-bond acceptors (Lipinski definition) is 3. The Morgan fingerprint density at radius 2 is 2.00 bits per heavy atom. The van der Waals surface area contributed by atoms with Gasteiger partial charge in [0.05, 0.1) is 11.2 Å². The van der Waals surface area contributed by atoms with Crippen molar-refractivity contribution in [3.63, 3.8) is 0 Å². The van der Waals surface area contributed by atoms with E-state index in [0.29, 0.717) is 35.4 Å². The zero-order chi connectivity index (χ0) is 20.0. The fraction of sp³-hybridized carbons (Fsp3) is 0.136. The zero-order valence-corrected chi connectivity index (χ0v) is 15.4. The van der Waals surface area contributed by atoms with Crippen molar-refractivity contribution in [3.05, 3.63) is 93.8 Å². The molecule has 1 unspecified atom stereocenters. The third kappa shape index (κ3) is 3.00. The summed E-state index contributed by atoms with van der Waals surface area (Å²) in [5.41, 5.74) is 3.82. The van der Waals surface area contributed by atoms with E-state index in [0.717, 1.165) is 11.1 Å². The van der Waals surface area contributed by atoms with Gasteiger partial charge in [-0.2, -0.15) is 0 Å². The molecule has 0 spiro atoms. The van der Waals surface area contributed by atoms with E-state index in [2.05, 4.69) is 15.3 Å². The molecule has 144 valence electrons. The fourth-order valence-electron chi connectivity index (χ4n) is 3.98. The molecule has 0 bridgehead atoms. The van der Waals surface area contributed by atoms with Crippen LogP contribution in [0.1, 0.15) is 27.4 Å². The number of imidazole rings is 1. The first-order chi connectivity index (χ1) is 14.1. The molecule has 7 heteroatoms. The Hall–Kier alpha value is -3.74. The predicted molar refractivity (Wildman–Crippen MR) is 107 cm³/mol. The van der Waals surface area contributed by atoms with E-state index in [1.54, 1.807) is 35.0 Å². The van der Waals surface area contributed by atoms with Crippen molar-refractivity contribution in [3.8, 4) is 5.69 Å². The molecule has 0 saturated carbocycles. The highest BCUT2D eigenvalue weighted by molar-refractivity contribution is 5.97. The van der Waals surface area contributed by atoms with Crippen LogP contribution in [-0.2, 0) is 6.42 Å². The van der Waals surface area contributed by atoms with Gasteiger partial charge in [-0.05, 0) is 60.0 Å². The van der Waals surface area contributed by atoms with E-state index in [1.165, 1.54) is 12.1 Å². The number of benzene rings is 2. The highest BCUT2D eigenvalue weighted by Crippen LogP contribution is 2.30. The maximum absolute atomic E-state index is 13.6. The Bertz CT molecular complexity index is 1310. The van der Waals surface area contributed by atoms with Crippen LogP contribution in [0.5, 0.6) is 0 Å². The monoisotopic (exact) mass is 388 g/mol. The molecule has 5 rings (SSSR count). The molecular formula is C22H17FN4O2. The second-order valence-electron chi connectivity index (χ2n) is 7.15. The second-order valence-corrected chi connectivity index (χ2v) is 7.15. The van der Waals surface area contributed by atoms with Crippen LogP contribution in [0.3, 0.4) is 0 Å². The van der Waals surface area contributed by atoms with Crippen molar-refractivity contribution in [2.45, 2.75) is 12.3 Å². The molecule has 3 heterocycles. The zero-order valence-electron chi connectivity index (χ0n) is 15.4. The minimum atomic E-state index is -0.291. The number of pyridine rings is 1. The highest BCUT2D eigenvalue weighted by atomic mass is 19.1. The second kappa shape index (κ2) is 6.70. The fourth-order valence-corrected chi connectivity index (χ4v) is 3.98. The average molecular weight is 388 g/mol. The van der Waals surface area contributed by atoms with E-state index >= 15 is 0 Å². The van der Waals surface area contributed by atoms with E-state index in [-0.39, 0.29) is 23.3 Å². The van der Waals surface area contributed by atoms with Gasteiger partial charge in [-0.25, -0.2) is 14.2 Å². The Labute approximate surface area is 165 Å². The Kier molecular flexibility index (Phi) is 4.01. The molecule has 0 radical (unpaired) electrons. The van der Waals surface area contributed by atoms with Crippen molar-refractivity contribution >= 4 is 17.1 Å². The molecular weight excluding hydrogens is 371 g/mol. The van der Waals surface area contributed by atoms with Crippen molar-refractivity contribution in [1.29, 1.82) is 0 Å². The summed E-state index contributed by atoms with van der Waals surface area (Å²) in [5, 5.41) is 2.90. The van der Waals surface area contributed by atoms with Crippen LogP contribution in [0.4, 0.5) is 4.39 Å². The van der Waals surface area contributed by atoms with Gasteiger partial charge in [0.25, 0.3) is 5.91 Å². The molecule has 1 amide bonds. The van der Waals surface area contributed by atoms with Crippen LogP contribution < -0.4 is 11.0 Å². The van der Waals surface area contributed by atoms with E-state index in [9.17, 15) is 14.0 Å². The standard InChI is InChI=1S/C22H17FN4O2/c23-15-4-1-3-13(10-15)9-14-12-25-21(28)17-7-6-16(11-18(14)17)27-19-5-2-8-24-20(19)26-22(27)29/h1-8,10-11,14H,9,12H2,(H,25,28)(H,24,26,29). The number of nitrogens with zero attached hydrogens (tertiary/aromatic N) is 2. The van der Waals surface area contributed by atoms with Crippen molar-refractivity contribution in [2.24, 2.45) is 0 Å². The van der Waals surface area contributed by atoms with Crippen LogP contribution in [0.25, 0.3) is 16.9 Å². The van der Waals surface area contributed by atoms with Gasteiger partial charge in [-0.3, -0.25) is 14.3 Å². The van der Waals surface area contributed by atoms with Crippen LogP contribution >= 0.6 is 0 Å². The molecule has 4 aromatic rings. The summed E-state index contributed by atoms with van der Waals surface area (Å²) in [5.74, 6) is -0.451. The lowest BCUT2D eigenvalue weighted by Crippen LogP contribution is -2.36. The summed E-state index contributed by atoms with van der Waals surface area (Å²) in [7, 11) is 0. The molecule has 1 aliphatic heterocycles. The Balaban J connectivity index is 1.62. The van der Waals surface area contributed by atoms with E-state index in [4.69, 9.17) is 0 Å². The summed E-state index contributed by atoms with van der Waals surface area (Å²) >= 11 is 0. The van der Waals surface area contributed by atoms with Gasteiger partial charge in [-0.15, -0.1) is 0 Å². The number of carbonyl (C=O) groups excluding carboxylic acids is 1. The third-order valence-corrected chi connectivity index (χ3v) is 5.31. The topological polar surface area (TPSA) is 79.8 Å². The number of aromatic amines is 1. The first-order valence-corrected chi connectivity index (χ1v) is 9.33. The van der Waals surface area contributed by atoms with Gasteiger partial charge in [0, 0.05) is 24.2 Å². The van der Waals surface area contributed by atoms with Gasteiger partial charge < -0.3 is 5.32 Å². The third-order valence-electron chi connectivity index (χ3n) is 5.31. The maximum atomic E-state index is 13.6. The van der Waals surface area contributed by atoms with Gasteiger partial charge in [-0.1, -0.05) is 12.1 Å². The number of amides is 1. The van der Waals surface area contributed by atoms with Crippen LogP contribution in [0.2, 0.25) is 0 Å². The number of rotatable bonds is 3.